The summed E-state index contributed by atoms with van der Waals surface area (Å²) in [5.74, 6) is 2.37. The van der Waals surface area contributed by atoms with Crippen molar-refractivity contribution in [3.05, 3.63) is 54.0 Å². The molecule has 1 saturated heterocycles. The minimum absolute atomic E-state index is 0.0596. The number of amides is 1. The Morgan fingerprint density at radius 1 is 1.37 bits per heavy atom. The molecule has 0 aromatic carbocycles. The molecule has 3 aromatic rings. The molecule has 1 amide bonds. The largest absolute Gasteiger partial charge is 0.469 e. The topological polar surface area (TPSA) is 85.3 Å². The first-order valence-corrected chi connectivity index (χ1v) is 9.27. The van der Waals surface area contributed by atoms with Gasteiger partial charge in [0.25, 0.3) is 11.8 Å². The first-order valence-electron chi connectivity index (χ1n) is 9.27. The summed E-state index contributed by atoms with van der Waals surface area (Å²) >= 11 is 0. The summed E-state index contributed by atoms with van der Waals surface area (Å²) in [6, 6.07) is 5.49. The lowest BCUT2D eigenvalue weighted by Crippen LogP contribution is -2.40. The van der Waals surface area contributed by atoms with Gasteiger partial charge in [0.15, 0.2) is 5.82 Å². The number of rotatable bonds is 5. The monoisotopic (exact) mass is 366 g/mol. The Morgan fingerprint density at radius 2 is 2.30 bits per heavy atom. The predicted octanol–water partition coefficient (Wildman–Crippen LogP) is 3.52. The number of hydrogen-bond acceptors (Lipinski definition) is 6. The highest BCUT2D eigenvalue weighted by atomic mass is 16.5. The fourth-order valence-corrected chi connectivity index (χ4v) is 3.56. The summed E-state index contributed by atoms with van der Waals surface area (Å²) < 4.78 is 10.6. The fourth-order valence-electron chi connectivity index (χ4n) is 3.56. The van der Waals surface area contributed by atoms with E-state index in [1.165, 1.54) is 0 Å². The number of likely N-dealkylation sites (tertiary alicyclic amines) is 1. The lowest BCUT2D eigenvalue weighted by molar-refractivity contribution is 0.0666. The van der Waals surface area contributed by atoms with Crippen molar-refractivity contribution in [1.29, 1.82) is 0 Å². The summed E-state index contributed by atoms with van der Waals surface area (Å²) in [5, 5.41) is 4.08. The summed E-state index contributed by atoms with van der Waals surface area (Å²) in [6.45, 7) is 3.38. The number of pyridine rings is 1. The summed E-state index contributed by atoms with van der Waals surface area (Å²) in [7, 11) is 0. The maximum Gasteiger partial charge on any atom is 0.259 e. The zero-order chi connectivity index (χ0) is 18.6. The Hall–Kier alpha value is -2.96. The molecular weight excluding hydrogens is 344 g/mol. The molecule has 0 spiro atoms. The van der Waals surface area contributed by atoms with Crippen LogP contribution in [0.3, 0.4) is 0 Å². The van der Waals surface area contributed by atoms with E-state index in [2.05, 4.69) is 15.1 Å². The van der Waals surface area contributed by atoms with E-state index in [1.54, 1.807) is 24.7 Å². The second kappa shape index (κ2) is 7.73. The van der Waals surface area contributed by atoms with Gasteiger partial charge in [0.1, 0.15) is 5.76 Å². The number of hydrogen-bond donors (Lipinski definition) is 0. The van der Waals surface area contributed by atoms with Gasteiger partial charge >= 0.3 is 0 Å². The lowest BCUT2D eigenvalue weighted by Gasteiger charge is -2.32. The number of aromatic nitrogens is 3. The predicted molar refractivity (Wildman–Crippen MR) is 97.9 cm³/mol. The maximum atomic E-state index is 12.7. The third-order valence-electron chi connectivity index (χ3n) is 5.05. The molecule has 140 valence electrons. The molecule has 0 N–H and O–H groups in total. The van der Waals surface area contributed by atoms with Gasteiger partial charge in [-0.25, -0.2) is 0 Å². The van der Waals surface area contributed by atoms with Crippen LogP contribution >= 0.6 is 0 Å². The zero-order valence-electron chi connectivity index (χ0n) is 15.3. The standard InChI is InChI=1S/C20H22N4O3/c1-14-17(8-11-26-14)20(25)24-10-3-4-15(13-24)6-7-18-22-19(27-23-18)16-5-2-9-21-12-16/h2,5,8-9,11-12,15H,3-4,6-7,10,13H2,1H3. The van der Waals surface area contributed by atoms with Crippen molar-refractivity contribution in [2.24, 2.45) is 5.92 Å². The van der Waals surface area contributed by atoms with E-state index in [0.29, 0.717) is 29.0 Å². The van der Waals surface area contributed by atoms with E-state index in [4.69, 9.17) is 8.94 Å². The van der Waals surface area contributed by atoms with Crippen LogP contribution in [0.5, 0.6) is 0 Å². The van der Waals surface area contributed by atoms with Gasteiger partial charge in [-0.15, -0.1) is 0 Å². The van der Waals surface area contributed by atoms with Crippen molar-refractivity contribution in [3.63, 3.8) is 0 Å². The Labute approximate surface area is 157 Å². The highest BCUT2D eigenvalue weighted by Crippen LogP contribution is 2.24. The average Bonchev–Trinajstić information content (AvgIpc) is 3.36. The maximum absolute atomic E-state index is 12.7. The molecule has 0 saturated carbocycles. The highest BCUT2D eigenvalue weighted by molar-refractivity contribution is 5.95. The van der Waals surface area contributed by atoms with Crippen LogP contribution in [0.25, 0.3) is 11.5 Å². The van der Waals surface area contributed by atoms with Gasteiger partial charge in [0, 0.05) is 31.9 Å². The highest BCUT2D eigenvalue weighted by Gasteiger charge is 2.26. The van der Waals surface area contributed by atoms with Crippen molar-refractivity contribution >= 4 is 5.91 Å². The Kier molecular flexibility index (Phi) is 5.00. The number of piperidine rings is 1. The molecule has 7 heteroatoms. The van der Waals surface area contributed by atoms with Crippen LogP contribution < -0.4 is 0 Å². The molecular formula is C20H22N4O3. The zero-order valence-corrected chi connectivity index (χ0v) is 15.3. The van der Waals surface area contributed by atoms with E-state index in [-0.39, 0.29) is 5.91 Å². The molecule has 27 heavy (non-hydrogen) atoms. The summed E-state index contributed by atoms with van der Waals surface area (Å²) in [6.07, 6.45) is 8.78. The molecule has 0 radical (unpaired) electrons. The quantitative estimate of drug-likeness (QED) is 0.687. The van der Waals surface area contributed by atoms with E-state index in [9.17, 15) is 4.79 Å². The number of nitrogens with zero attached hydrogens (tertiary/aromatic N) is 4. The summed E-state index contributed by atoms with van der Waals surface area (Å²) in [4.78, 5) is 23.1. The molecule has 1 atom stereocenters. The van der Waals surface area contributed by atoms with Crippen molar-refractivity contribution < 1.29 is 13.7 Å². The normalized spacial score (nSPS) is 17.2. The third kappa shape index (κ3) is 3.92. The molecule has 3 aromatic heterocycles. The summed E-state index contributed by atoms with van der Waals surface area (Å²) in [5.41, 5.74) is 1.48. The van der Waals surface area contributed by atoms with Gasteiger partial charge < -0.3 is 13.8 Å². The van der Waals surface area contributed by atoms with Crippen LogP contribution in [0.1, 0.15) is 41.2 Å². The van der Waals surface area contributed by atoms with Crippen molar-refractivity contribution in [2.45, 2.75) is 32.6 Å². The first-order chi connectivity index (χ1) is 13.2. The van der Waals surface area contributed by atoms with Gasteiger partial charge in [-0.05, 0) is 50.3 Å². The van der Waals surface area contributed by atoms with Gasteiger partial charge in [0.05, 0.1) is 17.4 Å². The SMILES string of the molecule is Cc1occc1C(=O)N1CCCC(CCc2noc(-c3cccnc3)n2)C1. The van der Waals surface area contributed by atoms with Crippen LogP contribution in [0.4, 0.5) is 0 Å². The van der Waals surface area contributed by atoms with Crippen molar-refractivity contribution in [2.75, 3.05) is 13.1 Å². The third-order valence-corrected chi connectivity index (χ3v) is 5.05. The molecule has 1 fully saturated rings. The van der Waals surface area contributed by atoms with Gasteiger partial charge in [0.2, 0.25) is 0 Å². The van der Waals surface area contributed by atoms with Crippen LogP contribution in [-0.2, 0) is 6.42 Å². The number of carbonyl (C=O) groups is 1. The van der Waals surface area contributed by atoms with Crippen LogP contribution in [0.15, 0.2) is 45.8 Å². The van der Waals surface area contributed by atoms with Crippen molar-refractivity contribution in [1.82, 2.24) is 20.0 Å². The van der Waals surface area contributed by atoms with E-state index in [0.717, 1.165) is 44.3 Å². The molecule has 1 aliphatic heterocycles. The fraction of sp³-hybridized carbons (Fsp3) is 0.400. The number of furan rings is 1. The van der Waals surface area contributed by atoms with E-state index >= 15 is 0 Å². The van der Waals surface area contributed by atoms with E-state index in [1.807, 2.05) is 24.0 Å². The Bertz CT molecular complexity index is 903. The Balaban J connectivity index is 1.34. The van der Waals surface area contributed by atoms with E-state index < -0.39 is 0 Å². The second-order valence-corrected chi connectivity index (χ2v) is 6.95. The minimum atomic E-state index is 0.0596. The second-order valence-electron chi connectivity index (χ2n) is 6.95. The molecule has 1 unspecified atom stereocenters. The van der Waals surface area contributed by atoms with Crippen LogP contribution in [0, 0.1) is 12.8 Å². The van der Waals surface area contributed by atoms with Gasteiger partial charge in [-0.1, -0.05) is 5.16 Å². The first kappa shape index (κ1) is 17.5. The van der Waals surface area contributed by atoms with Gasteiger partial charge in [-0.3, -0.25) is 9.78 Å². The minimum Gasteiger partial charge on any atom is -0.469 e. The molecule has 7 nitrogen and oxygen atoms in total. The van der Waals surface area contributed by atoms with Crippen LogP contribution in [0.2, 0.25) is 0 Å². The average molecular weight is 366 g/mol. The van der Waals surface area contributed by atoms with Crippen LogP contribution in [-0.4, -0.2) is 39.0 Å². The molecule has 4 rings (SSSR count). The molecule has 0 bridgehead atoms. The molecule has 0 aliphatic carbocycles. The molecule has 4 heterocycles. The number of aryl methyl sites for hydroxylation is 2. The smallest absolute Gasteiger partial charge is 0.259 e. The van der Waals surface area contributed by atoms with Gasteiger partial charge in [-0.2, -0.15) is 4.98 Å². The lowest BCUT2D eigenvalue weighted by atomic mass is 9.93. The molecule has 1 aliphatic rings. The van der Waals surface area contributed by atoms with Crippen molar-refractivity contribution in [3.8, 4) is 11.5 Å². The number of carbonyl (C=O) groups excluding carboxylic acids is 1. The Morgan fingerprint density at radius 3 is 3.07 bits per heavy atom.